The Balaban J connectivity index is 1.91. The Labute approximate surface area is 150 Å². The molecule has 2 aromatic rings. The highest BCUT2D eigenvalue weighted by Crippen LogP contribution is 2.26. The van der Waals surface area contributed by atoms with Gasteiger partial charge in [0.15, 0.2) is 6.10 Å². The fourth-order valence-corrected chi connectivity index (χ4v) is 2.59. The molecule has 138 valence electrons. The van der Waals surface area contributed by atoms with E-state index in [2.05, 4.69) is 15.7 Å². The molecule has 1 unspecified atom stereocenters. The first-order valence-corrected chi connectivity index (χ1v) is 7.76. The predicted molar refractivity (Wildman–Crippen MR) is 83.1 cm³/mol. The lowest BCUT2D eigenvalue weighted by Gasteiger charge is -2.19. The number of amides is 2. The molecule has 3 rings (SSSR count). The van der Waals surface area contributed by atoms with Crippen molar-refractivity contribution in [2.75, 3.05) is 6.54 Å². The van der Waals surface area contributed by atoms with Crippen molar-refractivity contribution in [3.05, 3.63) is 52.6 Å². The lowest BCUT2D eigenvalue weighted by molar-refractivity contribution is -0.128. The van der Waals surface area contributed by atoms with Gasteiger partial charge in [-0.05, 0) is 23.8 Å². The van der Waals surface area contributed by atoms with Crippen LogP contribution < -0.4 is 10.6 Å². The van der Waals surface area contributed by atoms with E-state index in [0.717, 1.165) is 12.3 Å². The van der Waals surface area contributed by atoms with Crippen LogP contribution in [-0.2, 0) is 9.53 Å². The third-order valence-electron chi connectivity index (χ3n) is 3.66. The zero-order valence-electron chi connectivity index (χ0n) is 13.0. The monoisotopic (exact) mass is 388 g/mol. The number of hydrogen-bond donors (Lipinski definition) is 2. The number of hydrogen-bond acceptors (Lipinski definition) is 4. The third kappa shape index (κ3) is 3.74. The minimum Gasteiger partial charge on any atom is -0.434 e. The number of alkyl carbamates (subject to hydrolysis) is 1. The standard InChI is InChI=1S/C15H12ClF3N4O3/c16-8-5-7(1-2-9(8)17)12(10-3-4-23(22-10)14(18)19)21-13(24)11-6-20-15(25)26-11/h1-5,11-12,14H,6H2,(H,20,25)(H,21,24)/t11?,12-/m0/s1. The van der Waals surface area contributed by atoms with Crippen LogP contribution in [0, 0.1) is 5.82 Å². The number of benzene rings is 1. The molecule has 0 aliphatic carbocycles. The Bertz CT molecular complexity index is 845. The van der Waals surface area contributed by atoms with E-state index in [4.69, 9.17) is 16.3 Å². The van der Waals surface area contributed by atoms with Gasteiger partial charge in [-0.15, -0.1) is 0 Å². The number of carbonyl (C=O) groups excluding carboxylic acids is 2. The van der Waals surface area contributed by atoms with Crippen LogP contribution in [0.15, 0.2) is 30.5 Å². The minimum atomic E-state index is -2.86. The van der Waals surface area contributed by atoms with E-state index in [9.17, 15) is 22.8 Å². The molecule has 0 bridgehead atoms. The molecule has 1 aromatic carbocycles. The number of aromatic nitrogens is 2. The predicted octanol–water partition coefficient (Wildman–Crippen LogP) is 2.38. The van der Waals surface area contributed by atoms with Gasteiger partial charge < -0.3 is 15.4 Å². The first-order chi connectivity index (χ1) is 12.3. The van der Waals surface area contributed by atoms with Gasteiger partial charge in [-0.1, -0.05) is 17.7 Å². The highest BCUT2D eigenvalue weighted by Gasteiger charge is 2.32. The molecule has 1 saturated heterocycles. The normalized spacial score (nSPS) is 17.7. The van der Waals surface area contributed by atoms with Crippen LogP contribution in [0.5, 0.6) is 0 Å². The zero-order chi connectivity index (χ0) is 18.8. The Morgan fingerprint density at radius 2 is 2.19 bits per heavy atom. The molecular weight excluding hydrogens is 377 g/mol. The van der Waals surface area contributed by atoms with Gasteiger partial charge in [0.25, 0.3) is 5.91 Å². The molecule has 26 heavy (non-hydrogen) atoms. The molecule has 0 radical (unpaired) electrons. The Hall–Kier alpha value is -2.75. The van der Waals surface area contributed by atoms with E-state index in [0.29, 0.717) is 10.2 Å². The summed E-state index contributed by atoms with van der Waals surface area (Å²) < 4.78 is 44.2. The second-order valence-corrected chi connectivity index (χ2v) is 5.80. The van der Waals surface area contributed by atoms with Crippen molar-refractivity contribution < 1.29 is 27.5 Å². The Morgan fingerprint density at radius 1 is 1.42 bits per heavy atom. The summed E-state index contributed by atoms with van der Waals surface area (Å²) in [5.74, 6) is -1.34. The topological polar surface area (TPSA) is 85.3 Å². The molecule has 2 atom stereocenters. The molecule has 2 N–H and O–H groups in total. The van der Waals surface area contributed by atoms with Crippen molar-refractivity contribution in [1.82, 2.24) is 20.4 Å². The van der Waals surface area contributed by atoms with E-state index in [-0.39, 0.29) is 17.3 Å². The largest absolute Gasteiger partial charge is 0.434 e. The molecule has 1 fully saturated rings. The van der Waals surface area contributed by atoms with Crippen molar-refractivity contribution >= 4 is 23.6 Å². The smallest absolute Gasteiger partial charge is 0.408 e. The number of nitrogens with zero attached hydrogens (tertiary/aromatic N) is 2. The van der Waals surface area contributed by atoms with E-state index >= 15 is 0 Å². The van der Waals surface area contributed by atoms with Gasteiger partial charge in [0.1, 0.15) is 5.82 Å². The summed E-state index contributed by atoms with van der Waals surface area (Å²) in [6, 6.07) is 3.96. The number of rotatable bonds is 5. The summed E-state index contributed by atoms with van der Waals surface area (Å²) >= 11 is 5.77. The molecule has 1 aliphatic rings. The van der Waals surface area contributed by atoms with Crippen LogP contribution in [0.3, 0.4) is 0 Å². The van der Waals surface area contributed by atoms with Crippen LogP contribution in [0.1, 0.15) is 23.8 Å². The van der Waals surface area contributed by atoms with E-state index in [1.807, 2.05) is 0 Å². The summed E-state index contributed by atoms with van der Waals surface area (Å²) in [6.45, 7) is -2.90. The number of ether oxygens (including phenoxy) is 1. The molecular formula is C15H12ClF3N4O3. The molecule has 2 amide bonds. The van der Waals surface area contributed by atoms with E-state index in [1.165, 1.54) is 18.2 Å². The van der Waals surface area contributed by atoms with Crippen molar-refractivity contribution in [2.24, 2.45) is 0 Å². The number of carbonyl (C=O) groups is 2. The van der Waals surface area contributed by atoms with Gasteiger partial charge >= 0.3 is 12.6 Å². The van der Waals surface area contributed by atoms with Crippen molar-refractivity contribution in [2.45, 2.75) is 18.7 Å². The van der Waals surface area contributed by atoms with Gasteiger partial charge in [-0.3, -0.25) is 4.79 Å². The van der Waals surface area contributed by atoms with Crippen LogP contribution >= 0.6 is 11.6 Å². The van der Waals surface area contributed by atoms with Gasteiger partial charge in [0.05, 0.1) is 23.3 Å². The van der Waals surface area contributed by atoms with Crippen molar-refractivity contribution in [3.8, 4) is 0 Å². The summed E-state index contributed by atoms with van der Waals surface area (Å²) in [6.07, 6.45) is -0.784. The van der Waals surface area contributed by atoms with Crippen LogP contribution in [-0.4, -0.2) is 34.4 Å². The van der Waals surface area contributed by atoms with Crippen LogP contribution in [0.2, 0.25) is 5.02 Å². The molecule has 7 nitrogen and oxygen atoms in total. The van der Waals surface area contributed by atoms with E-state index in [1.54, 1.807) is 0 Å². The van der Waals surface area contributed by atoms with Crippen molar-refractivity contribution in [1.29, 1.82) is 0 Å². The average Bonchev–Trinajstić information content (AvgIpc) is 3.24. The maximum absolute atomic E-state index is 13.4. The highest BCUT2D eigenvalue weighted by molar-refractivity contribution is 6.30. The van der Waals surface area contributed by atoms with Gasteiger partial charge in [-0.25, -0.2) is 13.9 Å². The van der Waals surface area contributed by atoms with Crippen molar-refractivity contribution in [3.63, 3.8) is 0 Å². The summed E-state index contributed by atoms with van der Waals surface area (Å²) in [5.41, 5.74) is 0.403. The second-order valence-electron chi connectivity index (χ2n) is 5.39. The quantitative estimate of drug-likeness (QED) is 0.823. The second kappa shape index (κ2) is 7.24. The lowest BCUT2D eigenvalue weighted by Crippen LogP contribution is -2.39. The molecule has 0 spiro atoms. The maximum atomic E-state index is 13.4. The zero-order valence-corrected chi connectivity index (χ0v) is 13.7. The first kappa shape index (κ1) is 18.1. The summed E-state index contributed by atoms with van der Waals surface area (Å²) in [5, 5.41) is 8.40. The summed E-state index contributed by atoms with van der Waals surface area (Å²) in [7, 11) is 0. The number of cyclic esters (lactones) is 1. The average molecular weight is 389 g/mol. The SMILES string of the molecule is O=C1NCC(C(=O)N[C@@H](c2ccc(F)c(Cl)c2)c2ccn(C(F)F)n2)O1. The lowest BCUT2D eigenvalue weighted by atomic mass is 10.0. The fourth-order valence-electron chi connectivity index (χ4n) is 2.41. The van der Waals surface area contributed by atoms with E-state index < -0.39 is 36.5 Å². The Morgan fingerprint density at radius 3 is 2.77 bits per heavy atom. The minimum absolute atomic E-state index is 0.0347. The molecule has 1 aliphatic heterocycles. The van der Waals surface area contributed by atoms with Crippen LogP contribution in [0.4, 0.5) is 18.0 Å². The van der Waals surface area contributed by atoms with Crippen LogP contribution in [0.25, 0.3) is 0 Å². The molecule has 0 saturated carbocycles. The highest BCUT2D eigenvalue weighted by atomic mass is 35.5. The number of alkyl halides is 2. The number of halogens is 4. The molecule has 11 heteroatoms. The van der Waals surface area contributed by atoms with Gasteiger partial charge in [0.2, 0.25) is 0 Å². The first-order valence-electron chi connectivity index (χ1n) is 7.38. The molecule has 2 heterocycles. The third-order valence-corrected chi connectivity index (χ3v) is 3.95. The fraction of sp³-hybridized carbons (Fsp3) is 0.267. The van der Waals surface area contributed by atoms with Gasteiger partial charge in [-0.2, -0.15) is 13.9 Å². The van der Waals surface area contributed by atoms with Gasteiger partial charge in [0, 0.05) is 6.20 Å². The summed E-state index contributed by atoms with van der Waals surface area (Å²) in [4.78, 5) is 23.4. The molecule has 1 aromatic heterocycles. The Kier molecular flexibility index (Phi) is 5.03. The number of nitrogens with one attached hydrogen (secondary N) is 2. The maximum Gasteiger partial charge on any atom is 0.408 e.